The maximum absolute atomic E-state index is 11.4. The minimum absolute atomic E-state index is 0.291. The molecule has 3 heterocycles. The summed E-state index contributed by atoms with van der Waals surface area (Å²) in [6, 6.07) is 5.95. The van der Waals surface area contributed by atoms with Crippen molar-refractivity contribution >= 4 is 5.91 Å². The minimum Gasteiger partial charge on any atom is -0.454 e. The molecule has 3 N–H and O–H groups in total. The summed E-state index contributed by atoms with van der Waals surface area (Å²) in [6.45, 7) is 2.72. The Morgan fingerprint density at radius 2 is 2.33 bits per heavy atom. The monoisotopic (exact) mass is 328 g/mol. The smallest absolute Gasteiger partial charge is 0.252 e. The van der Waals surface area contributed by atoms with E-state index in [1.165, 1.54) is 0 Å². The van der Waals surface area contributed by atoms with Crippen LogP contribution in [0.1, 0.15) is 28.0 Å². The summed E-state index contributed by atoms with van der Waals surface area (Å²) < 4.78 is 12.8. The Hall–Kier alpha value is -2.54. The van der Waals surface area contributed by atoms with Gasteiger partial charge in [-0.1, -0.05) is 12.1 Å². The number of rotatable bonds is 5. The molecule has 0 spiro atoms. The zero-order chi connectivity index (χ0) is 16.5. The van der Waals surface area contributed by atoms with Crippen LogP contribution in [-0.4, -0.2) is 29.0 Å². The van der Waals surface area contributed by atoms with E-state index in [2.05, 4.69) is 10.4 Å². The van der Waals surface area contributed by atoms with Gasteiger partial charge in [-0.2, -0.15) is 5.10 Å². The van der Waals surface area contributed by atoms with E-state index in [1.54, 1.807) is 6.20 Å². The lowest BCUT2D eigenvalue weighted by molar-refractivity contribution is 0.0998. The first-order valence-corrected chi connectivity index (χ1v) is 8.15. The molecule has 1 amide bonds. The van der Waals surface area contributed by atoms with E-state index < -0.39 is 5.91 Å². The highest BCUT2D eigenvalue weighted by Gasteiger charge is 2.24. The van der Waals surface area contributed by atoms with E-state index in [1.807, 2.05) is 22.9 Å². The lowest BCUT2D eigenvalue weighted by Crippen LogP contribution is -2.31. The molecule has 0 radical (unpaired) electrons. The van der Waals surface area contributed by atoms with E-state index in [0.29, 0.717) is 18.3 Å². The zero-order valence-corrected chi connectivity index (χ0v) is 13.3. The average Bonchev–Trinajstić information content (AvgIpc) is 3.21. The number of carbonyl (C=O) groups is 1. The highest BCUT2D eigenvalue weighted by molar-refractivity contribution is 5.93. The number of benzene rings is 1. The van der Waals surface area contributed by atoms with Crippen molar-refractivity contribution in [3.8, 4) is 11.5 Å². The fourth-order valence-electron chi connectivity index (χ4n) is 3.42. The van der Waals surface area contributed by atoms with Crippen LogP contribution in [0.15, 0.2) is 24.4 Å². The highest BCUT2D eigenvalue weighted by Crippen LogP contribution is 2.35. The van der Waals surface area contributed by atoms with Crippen LogP contribution < -0.4 is 20.5 Å². The molecule has 0 unspecified atom stereocenters. The first-order valence-electron chi connectivity index (χ1n) is 8.15. The number of fused-ring (bicyclic) bond motifs is 2. The third-order valence-corrected chi connectivity index (χ3v) is 4.66. The van der Waals surface area contributed by atoms with Gasteiger partial charge in [-0.05, 0) is 24.8 Å². The van der Waals surface area contributed by atoms with Crippen molar-refractivity contribution in [1.82, 2.24) is 15.1 Å². The van der Waals surface area contributed by atoms with Crippen molar-refractivity contribution in [2.75, 3.05) is 13.3 Å². The van der Waals surface area contributed by atoms with Crippen molar-refractivity contribution in [3.63, 3.8) is 0 Å². The molecule has 0 saturated heterocycles. The summed E-state index contributed by atoms with van der Waals surface area (Å²) in [7, 11) is 0. The van der Waals surface area contributed by atoms with E-state index in [0.717, 1.165) is 55.2 Å². The first kappa shape index (κ1) is 15.0. The van der Waals surface area contributed by atoms with Gasteiger partial charge in [0.1, 0.15) is 0 Å². The van der Waals surface area contributed by atoms with Gasteiger partial charge in [0.25, 0.3) is 5.91 Å². The van der Waals surface area contributed by atoms with Crippen LogP contribution in [0.4, 0.5) is 0 Å². The molecule has 0 fully saturated rings. The molecule has 2 aliphatic heterocycles. The standard InChI is InChI=1S/C17H20N4O3/c18-17(22)13-8-20-21-9-11(4-5-14(13)21)6-19-7-12-2-1-3-15-16(12)24-10-23-15/h1-3,8,11,19H,4-7,9-10H2,(H2,18,22)/t11-/m0/s1. The molecule has 7 heteroatoms. The minimum atomic E-state index is -0.395. The van der Waals surface area contributed by atoms with Crippen molar-refractivity contribution in [1.29, 1.82) is 0 Å². The summed E-state index contributed by atoms with van der Waals surface area (Å²) >= 11 is 0. The SMILES string of the molecule is NC(=O)c1cnn2c1CC[C@@H](CNCc1cccc3c1OCO3)C2. The van der Waals surface area contributed by atoms with Gasteiger partial charge in [0, 0.05) is 25.2 Å². The number of amides is 1. The van der Waals surface area contributed by atoms with Crippen LogP contribution >= 0.6 is 0 Å². The van der Waals surface area contributed by atoms with Crippen molar-refractivity contribution in [2.45, 2.75) is 25.9 Å². The van der Waals surface area contributed by atoms with Gasteiger partial charge >= 0.3 is 0 Å². The van der Waals surface area contributed by atoms with Gasteiger partial charge in [0.15, 0.2) is 11.5 Å². The molecular weight excluding hydrogens is 308 g/mol. The first-order chi connectivity index (χ1) is 11.7. The number of hydrogen-bond donors (Lipinski definition) is 2. The third kappa shape index (κ3) is 2.71. The Kier molecular flexibility index (Phi) is 3.86. The molecular formula is C17H20N4O3. The number of aromatic nitrogens is 2. The highest BCUT2D eigenvalue weighted by atomic mass is 16.7. The lowest BCUT2D eigenvalue weighted by atomic mass is 9.96. The van der Waals surface area contributed by atoms with Gasteiger partial charge in [-0.15, -0.1) is 0 Å². The summed E-state index contributed by atoms with van der Waals surface area (Å²) in [5.74, 6) is 1.74. The summed E-state index contributed by atoms with van der Waals surface area (Å²) in [5.41, 5.74) is 8.00. The maximum Gasteiger partial charge on any atom is 0.252 e. The van der Waals surface area contributed by atoms with Gasteiger partial charge in [-0.25, -0.2) is 0 Å². The average molecular weight is 328 g/mol. The van der Waals surface area contributed by atoms with Crippen LogP contribution in [0.2, 0.25) is 0 Å². The lowest BCUT2D eigenvalue weighted by Gasteiger charge is -2.24. The Bertz CT molecular complexity index is 771. The second kappa shape index (κ2) is 6.16. The maximum atomic E-state index is 11.4. The molecule has 2 aliphatic rings. The van der Waals surface area contributed by atoms with E-state index >= 15 is 0 Å². The molecule has 1 aromatic heterocycles. The number of ether oxygens (including phenoxy) is 2. The molecule has 1 atom stereocenters. The molecule has 0 saturated carbocycles. The summed E-state index contributed by atoms with van der Waals surface area (Å²) in [5, 5.41) is 7.79. The number of para-hydroxylation sites is 1. The third-order valence-electron chi connectivity index (χ3n) is 4.66. The van der Waals surface area contributed by atoms with Crippen LogP contribution in [0.3, 0.4) is 0 Å². The Morgan fingerprint density at radius 1 is 1.42 bits per heavy atom. The van der Waals surface area contributed by atoms with Crippen LogP contribution in [0.25, 0.3) is 0 Å². The summed E-state index contributed by atoms with van der Waals surface area (Å²) in [6.07, 6.45) is 3.44. The van der Waals surface area contributed by atoms with Gasteiger partial charge < -0.3 is 20.5 Å². The number of carbonyl (C=O) groups excluding carboxylic acids is 1. The second-order valence-corrected chi connectivity index (χ2v) is 6.24. The van der Waals surface area contributed by atoms with Gasteiger partial charge in [0.05, 0.1) is 17.5 Å². The zero-order valence-electron chi connectivity index (χ0n) is 13.3. The molecule has 0 aliphatic carbocycles. The van der Waals surface area contributed by atoms with E-state index in [-0.39, 0.29) is 0 Å². The topological polar surface area (TPSA) is 91.4 Å². The van der Waals surface area contributed by atoms with Gasteiger partial charge in [0.2, 0.25) is 6.79 Å². The molecule has 24 heavy (non-hydrogen) atoms. The molecule has 126 valence electrons. The molecule has 4 rings (SSSR count). The molecule has 0 bridgehead atoms. The predicted molar refractivity (Wildman–Crippen MR) is 86.8 cm³/mol. The molecule has 2 aromatic rings. The normalized spacial score (nSPS) is 18.4. The van der Waals surface area contributed by atoms with E-state index in [9.17, 15) is 4.79 Å². The number of nitrogens with two attached hydrogens (primary N) is 1. The van der Waals surface area contributed by atoms with Crippen LogP contribution in [0.5, 0.6) is 11.5 Å². The number of hydrogen-bond acceptors (Lipinski definition) is 5. The quantitative estimate of drug-likeness (QED) is 0.856. The number of primary amides is 1. The molecule has 1 aromatic carbocycles. The Balaban J connectivity index is 1.34. The van der Waals surface area contributed by atoms with Crippen LogP contribution in [-0.2, 0) is 19.5 Å². The Labute approximate surface area is 139 Å². The summed E-state index contributed by atoms with van der Waals surface area (Å²) in [4.78, 5) is 11.4. The Morgan fingerprint density at radius 3 is 3.21 bits per heavy atom. The van der Waals surface area contributed by atoms with Crippen molar-refractivity contribution < 1.29 is 14.3 Å². The number of nitrogens with zero attached hydrogens (tertiary/aromatic N) is 2. The fourth-order valence-corrected chi connectivity index (χ4v) is 3.42. The molecule has 7 nitrogen and oxygen atoms in total. The number of nitrogens with one attached hydrogen (secondary N) is 1. The van der Waals surface area contributed by atoms with E-state index in [4.69, 9.17) is 15.2 Å². The predicted octanol–water partition coefficient (Wildman–Crippen LogP) is 1.06. The van der Waals surface area contributed by atoms with Crippen LogP contribution in [0, 0.1) is 5.92 Å². The van der Waals surface area contributed by atoms with Crippen molar-refractivity contribution in [2.24, 2.45) is 11.7 Å². The van der Waals surface area contributed by atoms with Gasteiger partial charge in [-0.3, -0.25) is 9.48 Å². The second-order valence-electron chi connectivity index (χ2n) is 6.24. The fraction of sp³-hybridized carbons (Fsp3) is 0.412. The van der Waals surface area contributed by atoms with Crippen molar-refractivity contribution in [3.05, 3.63) is 41.2 Å². The largest absolute Gasteiger partial charge is 0.454 e.